The maximum absolute atomic E-state index is 12.2. The summed E-state index contributed by atoms with van der Waals surface area (Å²) in [5.41, 5.74) is 1.59. The number of ketones is 1. The third-order valence-corrected chi connectivity index (χ3v) is 8.96. The Kier molecular flexibility index (Phi) is 3.82. The number of fused-ring (bicyclic) bond motifs is 5. The fourth-order valence-electron chi connectivity index (χ4n) is 7.76. The molecule has 4 aliphatic rings. The lowest BCUT2D eigenvalue weighted by atomic mass is 9.45. The lowest BCUT2D eigenvalue weighted by molar-refractivity contribution is -0.131. The van der Waals surface area contributed by atoms with Gasteiger partial charge in [-0.2, -0.15) is 0 Å². The first kappa shape index (κ1) is 16.5. The largest absolute Gasteiger partial charge is 0.300 e. The molecule has 0 unspecified atom stereocenters. The molecular formula is C22H32O2. The van der Waals surface area contributed by atoms with Crippen molar-refractivity contribution in [2.75, 3.05) is 0 Å². The Morgan fingerprint density at radius 3 is 2.54 bits per heavy atom. The van der Waals surface area contributed by atoms with E-state index in [1.807, 2.05) is 6.92 Å². The predicted molar refractivity (Wildman–Crippen MR) is 95.4 cm³/mol. The zero-order valence-electron chi connectivity index (χ0n) is 15.5. The molecule has 132 valence electrons. The van der Waals surface area contributed by atoms with E-state index >= 15 is 0 Å². The van der Waals surface area contributed by atoms with Gasteiger partial charge in [-0.15, -0.1) is 0 Å². The molecule has 0 spiro atoms. The number of carbonyl (C=O) groups is 2. The Morgan fingerprint density at radius 1 is 1.08 bits per heavy atom. The number of carbonyl (C=O) groups excluding carboxylic acids is 2. The second-order valence-corrected chi connectivity index (χ2v) is 9.75. The van der Waals surface area contributed by atoms with Crippen LogP contribution in [0.5, 0.6) is 0 Å². The van der Waals surface area contributed by atoms with E-state index in [9.17, 15) is 9.59 Å². The van der Waals surface area contributed by atoms with E-state index in [0.717, 1.165) is 54.8 Å². The van der Waals surface area contributed by atoms with Crippen molar-refractivity contribution < 1.29 is 9.59 Å². The van der Waals surface area contributed by atoms with Crippen LogP contribution in [0, 0.1) is 40.4 Å². The Labute approximate surface area is 146 Å². The van der Waals surface area contributed by atoms with Crippen LogP contribution in [-0.2, 0) is 9.59 Å². The van der Waals surface area contributed by atoms with Crippen LogP contribution < -0.4 is 0 Å². The van der Waals surface area contributed by atoms with Crippen LogP contribution >= 0.6 is 0 Å². The van der Waals surface area contributed by atoms with Gasteiger partial charge in [0.05, 0.1) is 0 Å². The summed E-state index contributed by atoms with van der Waals surface area (Å²) in [6, 6.07) is 0. The molecule has 0 bridgehead atoms. The molecule has 0 amide bonds. The van der Waals surface area contributed by atoms with Crippen LogP contribution in [0.4, 0.5) is 0 Å². The molecule has 0 saturated heterocycles. The number of allylic oxidation sites excluding steroid dienone is 2. The SMILES string of the molecule is CC(=O)[C@H]1CC[C@H]2[C@@H]3CC[C@H]4CC=C(C=O)C[C@]4(C)[C@H]3CC[C@]12C. The van der Waals surface area contributed by atoms with Crippen LogP contribution in [-0.4, -0.2) is 12.1 Å². The molecule has 24 heavy (non-hydrogen) atoms. The number of hydrogen-bond acceptors (Lipinski definition) is 2. The Hall–Kier alpha value is -0.920. The quantitative estimate of drug-likeness (QED) is 0.671. The topological polar surface area (TPSA) is 34.1 Å². The van der Waals surface area contributed by atoms with Gasteiger partial charge in [0, 0.05) is 5.92 Å². The van der Waals surface area contributed by atoms with Gasteiger partial charge in [-0.3, -0.25) is 9.59 Å². The minimum Gasteiger partial charge on any atom is -0.300 e. The molecule has 3 saturated carbocycles. The maximum atomic E-state index is 12.2. The first-order valence-electron chi connectivity index (χ1n) is 10.0. The number of aldehydes is 1. The molecule has 0 aromatic carbocycles. The molecule has 0 heterocycles. The Morgan fingerprint density at radius 2 is 1.83 bits per heavy atom. The second kappa shape index (κ2) is 5.54. The van der Waals surface area contributed by atoms with E-state index in [4.69, 9.17) is 0 Å². The minimum absolute atomic E-state index is 0.244. The van der Waals surface area contributed by atoms with Crippen molar-refractivity contribution in [2.45, 2.75) is 72.1 Å². The zero-order chi connectivity index (χ0) is 17.1. The van der Waals surface area contributed by atoms with Gasteiger partial charge in [-0.05, 0) is 98.4 Å². The average Bonchev–Trinajstić information content (AvgIpc) is 2.91. The van der Waals surface area contributed by atoms with Crippen LogP contribution in [0.2, 0.25) is 0 Å². The number of hydrogen-bond donors (Lipinski definition) is 0. The highest BCUT2D eigenvalue weighted by Crippen LogP contribution is 2.67. The van der Waals surface area contributed by atoms with E-state index in [0.29, 0.717) is 17.1 Å². The van der Waals surface area contributed by atoms with E-state index in [1.165, 1.54) is 32.1 Å². The summed E-state index contributed by atoms with van der Waals surface area (Å²) in [5, 5.41) is 0. The Bertz CT molecular complexity index is 591. The summed E-state index contributed by atoms with van der Waals surface area (Å²) in [6.07, 6.45) is 12.9. The standard InChI is InChI=1S/C22H32O2/c1-14(24)18-8-9-19-17-7-6-16-5-4-15(13-23)12-22(16,3)20(17)10-11-21(18,19)2/h4,13,16-20H,5-12H2,1-3H3/t16-,17+,18-,19+,20+,21-,22+/m1/s1. The van der Waals surface area contributed by atoms with Gasteiger partial charge < -0.3 is 0 Å². The fraction of sp³-hybridized carbons (Fsp3) is 0.818. The molecule has 4 rings (SSSR count). The molecule has 7 atom stereocenters. The van der Waals surface area contributed by atoms with Gasteiger partial charge in [0.1, 0.15) is 12.1 Å². The lowest BCUT2D eigenvalue weighted by Gasteiger charge is -2.60. The van der Waals surface area contributed by atoms with Gasteiger partial charge in [0.25, 0.3) is 0 Å². The maximum Gasteiger partial charge on any atom is 0.145 e. The highest BCUT2D eigenvalue weighted by molar-refractivity contribution is 5.79. The smallest absolute Gasteiger partial charge is 0.145 e. The van der Waals surface area contributed by atoms with Crippen molar-refractivity contribution in [1.29, 1.82) is 0 Å². The van der Waals surface area contributed by atoms with E-state index in [1.54, 1.807) is 0 Å². The molecule has 2 heteroatoms. The van der Waals surface area contributed by atoms with E-state index in [2.05, 4.69) is 19.9 Å². The van der Waals surface area contributed by atoms with Crippen LogP contribution in [0.15, 0.2) is 11.6 Å². The summed E-state index contributed by atoms with van der Waals surface area (Å²) < 4.78 is 0. The van der Waals surface area contributed by atoms with Crippen molar-refractivity contribution >= 4 is 12.1 Å². The highest BCUT2D eigenvalue weighted by atomic mass is 16.1. The lowest BCUT2D eigenvalue weighted by Crippen LogP contribution is -2.53. The predicted octanol–water partition coefficient (Wildman–Crippen LogP) is 4.97. The van der Waals surface area contributed by atoms with Crippen molar-refractivity contribution in [1.82, 2.24) is 0 Å². The van der Waals surface area contributed by atoms with Gasteiger partial charge >= 0.3 is 0 Å². The molecule has 0 aliphatic heterocycles. The fourth-order valence-corrected chi connectivity index (χ4v) is 7.76. The summed E-state index contributed by atoms with van der Waals surface area (Å²) in [5.74, 6) is 3.74. The average molecular weight is 328 g/mol. The molecule has 3 fully saturated rings. The van der Waals surface area contributed by atoms with Crippen molar-refractivity contribution in [3.05, 3.63) is 11.6 Å². The molecule has 0 N–H and O–H groups in total. The van der Waals surface area contributed by atoms with Crippen LogP contribution in [0.25, 0.3) is 0 Å². The molecule has 0 aromatic rings. The van der Waals surface area contributed by atoms with Crippen molar-refractivity contribution in [2.24, 2.45) is 40.4 Å². The number of Topliss-reactive ketones (excluding diaryl/α,β-unsaturated/α-hetero) is 1. The van der Waals surface area contributed by atoms with Crippen molar-refractivity contribution in [3.8, 4) is 0 Å². The summed E-state index contributed by atoms with van der Waals surface area (Å²) >= 11 is 0. The monoisotopic (exact) mass is 328 g/mol. The molecule has 2 nitrogen and oxygen atoms in total. The highest BCUT2D eigenvalue weighted by Gasteiger charge is 2.60. The van der Waals surface area contributed by atoms with Gasteiger partial charge in [0.15, 0.2) is 0 Å². The molecule has 0 aromatic heterocycles. The number of rotatable bonds is 2. The first-order valence-corrected chi connectivity index (χ1v) is 10.0. The molecule has 4 aliphatic carbocycles. The first-order chi connectivity index (χ1) is 11.4. The van der Waals surface area contributed by atoms with Gasteiger partial charge in [-0.1, -0.05) is 19.9 Å². The van der Waals surface area contributed by atoms with Gasteiger partial charge in [-0.25, -0.2) is 0 Å². The van der Waals surface area contributed by atoms with E-state index < -0.39 is 0 Å². The third-order valence-electron chi connectivity index (χ3n) is 8.96. The summed E-state index contributed by atoms with van der Waals surface area (Å²) in [4.78, 5) is 23.6. The van der Waals surface area contributed by atoms with Gasteiger partial charge in [0.2, 0.25) is 0 Å². The Balaban J connectivity index is 1.65. The van der Waals surface area contributed by atoms with Crippen LogP contribution in [0.1, 0.15) is 72.1 Å². The summed E-state index contributed by atoms with van der Waals surface area (Å²) in [6.45, 7) is 6.70. The molecule has 0 radical (unpaired) electrons. The van der Waals surface area contributed by atoms with E-state index in [-0.39, 0.29) is 5.41 Å². The van der Waals surface area contributed by atoms with Crippen LogP contribution in [0.3, 0.4) is 0 Å². The third kappa shape index (κ3) is 2.14. The molecular weight excluding hydrogens is 296 g/mol. The normalized spacial score (nSPS) is 50.3. The summed E-state index contributed by atoms with van der Waals surface area (Å²) in [7, 11) is 0. The van der Waals surface area contributed by atoms with Crippen molar-refractivity contribution in [3.63, 3.8) is 0 Å². The minimum atomic E-state index is 0.244. The second-order valence-electron chi connectivity index (χ2n) is 9.75. The zero-order valence-corrected chi connectivity index (χ0v) is 15.5.